The standard InChI is InChI=1S/C27H26N2O5/c1-17-7-5-8-18(13-17)26(30)28-22-15-32-25-23(16-33-24(22)25)29-27(31)19-9-6-12-21(14-19)34-20-10-3-2-4-11-20/h2-14,22-25H,15-16H2,1H3,(H,28,30)(H,29,31)/t22-,23-,24+,25+/m0/s1. The number of carbonyl (C=O) groups is 2. The zero-order valence-corrected chi connectivity index (χ0v) is 18.8. The van der Waals surface area contributed by atoms with Crippen LogP contribution >= 0.6 is 0 Å². The van der Waals surface area contributed by atoms with Crippen LogP contribution in [0.5, 0.6) is 11.5 Å². The van der Waals surface area contributed by atoms with E-state index < -0.39 is 0 Å². The van der Waals surface area contributed by atoms with E-state index in [-0.39, 0.29) is 36.1 Å². The monoisotopic (exact) mass is 458 g/mol. The summed E-state index contributed by atoms with van der Waals surface area (Å²) < 4.78 is 17.7. The number of para-hydroxylation sites is 1. The maximum atomic E-state index is 12.9. The summed E-state index contributed by atoms with van der Waals surface area (Å²) in [4.78, 5) is 25.6. The highest BCUT2D eigenvalue weighted by molar-refractivity contribution is 5.95. The first kappa shape index (κ1) is 22.1. The molecular formula is C27H26N2O5. The van der Waals surface area contributed by atoms with E-state index in [2.05, 4.69) is 10.6 Å². The summed E-state index contributed by atoms with van der Waals surface area (Å²) >= 11 is 0. The second-order valence-corrected chi connectivity index (χ2v) is 8.57. The average molecular weight is 459 g/mol. The Morgan fingerprint density at radius 2 is 1.29 bits per heavy atom. The van der Waals surface area contributed by atoms with Crippen LogP contribution in [0.4, 0.5) is 0 Å². The molecule has 0 aromatic heterocycles. The Kier molecular flexibility index (Phi) is 6.29. The zero-order chi connectivity index (χ0) is 23.5. The Morgan fingerprint density at radius 1 is 0.735 bits per heavy atom. The van der Waals surface area contributed by atoms with Gasteiger partial charge in [0.2, 0.25) is 0 Å². The van der Waals surface area contributed by atoms with Crippen molar-refractivity contribution in [2.45, 2.75) is 31.2 Å². The lowest BCUT2D eigenvalue weighted by atomic mass is 10.0. The van der Waals surface area contributed by atoms with Gasteiger partial charge in [-0.1, -0.05) is 42.0 Å². The van der Waals surface area contributed by atoms with Gasteiger partial charge in [0.1, 0.15) is 23.7 Å². The normalized spacial score (nSPS) is 23.2. The molecular weight excluding hydrogens is 432 g/mol. The van der Waals surface area contributed by atoms with Gasteiger partial charge in [-0.25, -0.2) is 0 Å². The zero-order valence-electron chi connectivity index (χ0n) is 18.8. The maximum Gasteiger partial charge on any atom is 0.251 e. The summed E-state index contributed by atoms with van der Waals surface area (Å²) in [5, 5.41) is 6.03. The Hall–Kier alpha value is -3.68. The van der Waals surface area contributed by atoms with Crippen molar-refractivity contribution in [2.24, 2.45) is 0 Å². The summed E-state index contributed by atoms with van der Waals surface area (Å²) in [5.74, 6) is 0.883. The van der Waals surface area contributed by atoms with Crippen LogP contribution in [-0.2, 0) is 9.47 Å². The number of hydrogen-bond acceptors (Lipinski definition) is 5. The van der Waals surface area contributed by atoms with Crippen LogP contribution in [-0.4, -0.2) is 49.3 Å². The number of benzene rings is 3. The SMILES string of the molecule is Cc1cccc(C(=O)N[C@H]2CO[C@H]3[C@@H]2OC[C@@H]3NC(=O)c2cccc(Oc3ccccc3)c2)c1. The van der Waals surface area contributed by atoms with E-state index in [1.165, 1.54) is 0 Å². The molecule has 7 heteroatoms. The van der Waals surface area contributed by atoms with Crippen molar-refractivity contribution in [3.05, 3.63) is 95.6 Å². The number of hydrogen-bond donors (Lipinski definition) is 2. The first-order valence-electron chi connectivity index (χ1n) is 11.3. The molecule has 5 rings (SSSR count). The van der Waals surface area contributed by atoms with Crippen LogP contribution in [0.15, 0.2) is 78.9 Å². The van der Waals surface area contributed by atoms with E-state index in [0.717, 1.165) is 5.56 Å². The second kappa shape index (κ2) is 9.67. The fourth-order valence-corrected chi connectivity index (χ4v) is 4.36. The maximum absolute atomic E-state index is 12.9. The third-order valence-electron chi connectivity index (χ3n) is 6.04. The molecule has 3 aromatic carbocycles. The largest absolute Gasteiger partial charge is 0.457 e. The molecule has 2 aliphatic heterocycles. The molecule has 0 aliphatic carbocycles. The minimum Gasteiger partial charge on any atom is -0.457 e. The Labute approximate surface area is 198 Å². The minimum atomic E-state index is -0.324. The van der Waals surface area contributed by atoms with Crippen molar-refractivity contribution in [1.29, 1.82) is 0 Å². The lowest BCUT2D eigenvalue weighted by Gasteiger charge is -2.18. The van der Waals surface area contributed by atoms with Crippen molar-refractivity contribution in [3.63, 3.8) is 0 Å². The summed E-state index contributed by atoms with van der Waals surface area (Å²) in [6.45, 7) is 2.60. The van der Waals surface area contributed by atoms with Gasteiger partial charge in [-0.3, -0.25) is 9.59 Å². The lowest BCUT2D eigenvalue weighted by Crippen LogP contribution is -2.46. The first-order chi connectivity index (χ1) is 16.6. The quantitative estimate of drug-likeness (QED) is 0.591. The van der Waals surface area contributed by atoms with Crippen molar-refractivity contribution < 1.29 is 23.8 Å². The Morgan fingerprint density at radius 3 is 1.91 bits per heavy atom. The third-order valence-corrected chi connectivity index (χ3v) is 6.04. The molecule has 174 valence electrons. The summed E-state index contributed by atoms with van der Waals surface area (Å²) in [6.07, 6.45) is -0.637. The van der Waals surface area contributed by atoms with Gasteiger partial charge in [0.15, 0.2) is 0 Å². The van der Waals surface area contributed by atoms with Gasteiger partial charge in [-0.2, -0.15) is 0 Å². The highest BCUT2D eigenvalue weighted by Crippen LogP contribution is 2.28. The van der Waals surface area contributed by atoms with E-state index in [1.807, 2.05) is 55.5 Å². The molecule has 2 amide bonds. The molecule has 0 spiro atoms. The molecule has 34 heavy (non-hydrogen) atoms. The van der Waals surface area contributed by atoms with Crippen molar-refractivity contribution in [1.82, 2.24) is 10.6 Å². The fourth-order valence-electron chi connectivity index (χ4n) is 4.36. The smallest absolute Gasteiger partial charge is 0.251 e. The van der Waals surface area contributed by atoms with Gasteiger partial charge >= 0.3 is 0 Å². The van der Waals surface area contributed by atoms with Crippen molar-refractivity contribution in [3.8, 4) is 11.5 Å². The number of ether oxygens (including phenoxy) is 3. The average Bonchev–Trinajstić information content (AvgIpc) is 3.43. The molecule has 2 N–H and O–H groups in total. The van der Waals surface area contributed by atoms with Crippen LogP contribution < -0.4 is 15.4 Å². The Balaban J connectivity index is 1.19. The molecule has 2 saturated heterocycles. The number of aryl methyl sites for hydroxylation is 1. The van der Waals surface area contributed by atoms with Crippen LogP contribution in [0.25, 0.3) is 0 Å². The number of fused-ring (bicyclic) bond motifs is 1. The summed E-state index contributed by atoms with van der Waals surface area (Å²) in [5.41, 5.74) is 2.11. The topological polar surface area (TPSA) is 85.9 Å². The van der Waals surface area contributed by atoms with Crippen LogP contribution in [0.3, 0.4) is 0 Å². The van der Waals surface area contributed by atoms with E-state index in [4.69, 9.17) is 14.2 Å². The van der Waals surface area contributed by atoms with E-state index in [0.29, 0.717) is 35.8 Å². The van der Waals surface area contributed by atoms with Crippen LogP contribution in [0, 0.1) is 6.92 Å². The number of rotatable bonds is 6. The molecule has 7 nitrogen and oxygen atoms in total. The van der Waals surface area contributed by atoms with Gasteiger partial charge in [-0.05, 0) is 49.4 Å². The van der Waals surface area contributed by atoms with E-state index >= 15 is 0 Å². The molecule has 2 aliphatic rings. The number of amides is 2. The van der Waals surface area contributed by atoms with E-state index in [9.17, 15) is 9.59 Å². The lowest BCUT2D eigenvalue weighted by molar-refractivity contribution is 0.0628. The highest BCUT2D eigenvalue weighted by atomic mass is 16.6. The Bertz CT molecular complexity index is 1180. The first-order valence-corrected chi connectivity index (χ1v) is 11.3. The van der Waals surface area contributed by atoms with Crippen molar-refractivity contribution >= 4 is 11.8 Å². The van der Waals surface area contributed by atoms with Gasteiger partial charge < -0.3 is 24.8 Å². The predicted octanol–water partition coefficient (Wildman–Crippen LogP) is 3.48. The number of carbonyl (C=O) groups excluding carboxylic acids is 2. The molecule has 2 fully saturated rings. The second-order valence-electron chi connectivity index (χ2n) is 8.57. The number of nitrogens with one attached hydrogen (secondary N) is 2. The molecule has 0 saturated carbocycles. The molecule has 3 aromatic rings. The van der Waals surface area contributed by atoms with Gasteiger partial charge in [0, 0.05) is 11.1 Å². The molecule has 2 heterocycles. The molecule has 0 radical (unpaired) electrons. The summed E-state index contributed by atoms with van der Waals surface area (Å²) in [6, 6.07) is 23.3. The predicted molar refractivity (Wildman–Crippen MR) is 126 cm³/mol. The fraction of sp³-hybridized carbons (Fsp3) is 0.259. The summed E-state index contributed by atoms with van der Waals surface area (Å²) in [7, 11) is 0. The third kappa shape index (κ3) is 4.81. The molecule has 4 atom stereocenters. The van der Waals surface area contributed by atoms with Gasteiger partial charge in [0.05, 0.1) is 25.3 Å². The van der Waals surface area contributed by atoms with Gasteiger partial charge in [-0.15, -0.1) is 0 Å². The van der Waals surface area contributed by atoms with E-state index in [1.54, 1.807) is 30.3 Å². The molecule has 0 bridgehead atoms. The minimum absolute atomic E-state index is 0.163. The van der Waals surface area contributed by atoms with Crippen LogP contribution in [0.1, 0.15) is 26.3 Å². The molecule has 0 unspecified atom stereocenters. The van der Waals surface area contributed by atoms with Crippen LogP contribution in [0.2, 0.25) is 0 Å². The van der Waals surface area contributed by atoms with Gasteiger partial charge in [0.25, 0.3) is 11.8 Å². The highest BCUT2D eigenvalue weighted by Gasteiger charge is 2.48. The van der Waals surface area contributed by atoms with Crippen molar-refractivity contribution in [2.75, 3.05) is 13.2 Å².